The van der Waals surface area contributed by atoms with E-state index in [2.05, 4.69) is 28.7 Å². The van der Waals surface area contributed by atoms with Gasteiger partial charge in [-0.05, 0) is 38.0 Å². The summed E-state index contributed by atoms with van der Waals surface area (Å²) < 4.78 is 1.07. The number of nitrogens with one attached hydrogen (secondary N) is 1. The van der Waals surface area contributed by atoms with Crippen molar-refractivity contribution in [2.24, 2.45) is 17.7 Å². The first kappa shape index (κ1) is 26.9. The Labute approximate surface area is 220 Å². The fourth-order valence-corrected chi connectivity index (χ4v) is 5.75. The molecule has 2 aliphatic carbocycles. The summed E-state index contributed by atoms with van der Waals surface area (Å²) >= 11 is 1.37. The van der Waals surface area contributed by atoms with Crippen molar-refractivity contribution in [3.63, 3.8) is 0 Å². The van der Waals surface area contributed by atoms with Crippen LogP contribution < -0.4 is 16.2 Å². The Morgan fingerprint density at radius 3 is 2.51 bits per heavy atom. The van der Waals surface area contributed by atoms with E-state index < -0.39 is 23.9 Å². The number of rotatable bonds is 10. The van der Waals surface area contributed by atoms with E-state index in [-0.39, 0.29) is 23.0 Å². The number of aromatic nitrogens is 3. The van der Waals surface area contributed by atoms with Crippen LogP contribution >= 0.6 is 11.3 Å². The number of nitrogens with zero attached hydrogens (tertiary/aromatic N) is 5. The van der Waals surface area contributed by atoms with E-state index in [1.54, 1.807) is 5.38 Å². The molecule has 0 unspecified atom stereocenters. The van der Waals surface area contributed by atoms with Crippen molar-refractivity contribution in [3.8, 4) is 0 Å². The molecule has 2 saturated carbocycles. The number of anilines is 1. The summed E-state index contributed by atoms with van der Waals surface area (Å²) in [5.74, 6) is 4.44. The van der Waals surface area contributed by atoms with Crippen LogP contribution in [0.25, 0.3) is 0 Å². The lowest BCUT2D eigenvalue weighted by molar-refractivity contribution is 0.0569. The molecule has 0 saturated heterocycles. The maximum absolute atomic E-state index is 13.8. The van der Waals surface area contributed by atoms with E-state index in [0.717, 1.165) is 53.2 Å². The Kier molecular flexibility index (Phi) is 8.38. The van der Waals surface area contributed by atoms with Crippen LogP contribution in [-0.4, -0.2) is 62.2 Å². The molecular weight excluding hydrogens is 494 g/mol. The fraction of sp³-hybridized carbons (Fsp3) is 0.600. The summed E-state index contributed by atoms with van der Waals surface area (Å²) in [6.45, 7) is 6.64. The zero-order chi connectivity index (χ0) is 26.7. The molecule has 37 heavy (non-hydrogen) atoms. The van der Waals surface area contributed by atoms with E-state index in [4.69, 9.17) is 5.84 Å². The number of imide groups is 1. The predicted molar refractivity (Wildman–Crippen MR) is 139 cm³/mol. The average molecular weight is 529 g/mol. The lowest BCUT2D eigenvalue weighted by atomic mass is 10.1. The van der Waals surface area contributed by atoms with Gasteiger partial charge in [0.05, 0.1) is 5.69 Å². The molecule has 0 aliphatic heterocycles. The van der Waals surface area contributed by atoms with Crippen molar-refractivity contribution in [3.05, 3.63) is 28.8 Å². The van der Waals surface area contributed by atoms with Crippen molar-refractivity contribution >= 4 is 40.6 Å². The predicted octanol–water partition coefficient (Wildman–Crippen LogP) is 3.05. The Morgan fingerprint density at radius 2 is 1.92 bits per heavy atom. The minimum absolute atomic E-state index is 0.105. The topological polar surface area (TPSA) is 144 Å². The standard InChI is InChI=1S/C25H34N7O4S/c1-15(2)11-30(18-6-4-5-7-18)25-28-20(13-37-25)22(34)32(19(12-33)10-17-8-9-17)23(35)21-16(3)31(14-27-21)24(36)29-26/h13-15,17-19H,4-11,26H2,1-3H3,(H,29,36)/t19-/m0/s1. The van der Waals surface area contributed by atoms with Gasteiger partial charge in [-0.15, -0.1) is 11.3 Å². The molecule has 2 heterocycles. The van der Waals surface area contributed by atoms with Gasteiger partial charge in [0.1, 0.15) is 23.8 Å². The van der Waals surface area contributed by atoms with Crippen LogP contribution in [-0.2, 0) is 4.79 Å². The zero-order valence-electron chi connectivity index (χ0n) is 21.5. The number of carbonyl (C=O) groups excluding carboxylic acids is 4. The monoisotopic (exact) mass is 528 g/mol. The largest absolute Gasteiger partial charge is 0.345 e. The Hall–Kier alpha value is -3.12. The van der Waals surface area contributed by atoms with E-state index >= 15 is 0 Å². The molecule has 0 aromatic carbocycles. The third kappa shape index (κ3) is 5.90. The molecule has 2 aliphatic rings. The number of imidazole rings is 1. The smallest absolute Gasteiger partial charge is 0.341 e. The molecule has 2 aromatic heterocycles. The van der Waals surface area contributed by atoms with Crippen LogP contribution in [0.1, 0.15) is 85.5 Å². The average Bonchev–Trinajstić information content (AvgIpc) is 3.26. The lowest BCUT2D eigenvalue weighted by Crippen LogP contribution is -2.46. The summed E-state index contributed by atoms with van der Waals surface area (Å²) in [6.07, 6.45) is 9.78. The number of nitrogen functional groups attached to an aromatic ring is 1. The number of carbonyl (C=O) groups is 3. The molecule has 3 amide bonds. The third-order valence-corrected chi connectivity index (χ3v) is 7.85. The van der Waals surface area contributed by atoms with Crippen molar-refractivity contribution < 1.29 is 19.2 Å². The van der Waals surface area contributed by atoms with E-state index in [0.29, 0.717) is 18.4 Å². The summed E-state index contributed by atoms with van der Waals surface area (Å²) in [7, 11) is 0. The van der Waals surface area contributed by atoms with Crippen molar-refractivity contribution in [1.82, 2.24) is 24.9 Å². The minimum Gasteiger partial charge on any atom is -0.345 e. The van der Waals surface area contributed by atoms with Crippen molar-refractivity contribution in [2.75, 3.05) is 11.4 Å². The van der Waals surface area contributed by atoms with Gasteiger partial charge < -0.3 is 4.90 Å². The Balaban J connectivity index is 1.66. The van der Waals surface area contributed by atoms with Gasteiger partial charge in [0, 0.05) is 18.0 Å². The number of amides is 3. The van der Waals surface area contributed by atoms with Crippen molar-refractivity contribution in [2.45, 2.75) is 77.8 Å². The van der Waals surface area contributed by atoms with Gasteiger partial charge in [-0.25, -0.2) is 20.6 Å². The molecule has 199 valence electrons. The first-order valence-electron chi connectivity index (χ1n) is 12.8. The zero-order valence-corrected chi connectivity index (χ0v) is 22.3. The molecule has 1 atom stereocenters. The Bertz CT molecular complexity index is 1150. The van der Waals surface area contributed by atoms with Crippen LogP contribution in [0.2, 0.25) is 0 Å². The second-order valence-corrected chi connectivity index (χ2v) is 11.1. The van der Waals surface area contributed by atoms with Crippen LogP contribution in [0.4, 0.5) is 9.93 Å². The van der Waals surface area contributed by atoms with Gasteiger partial charge in [-0.3, -0.25) is 29.3 Å². The van der Waals surface area contributed by atoms with Gasteiger partial charge in [0.2, 0.25) is 6.29 Å². The quantitative estimate of drug-likeness (QED) is 0.207. The Morgan fingerprint density at radius 1 is 1.22 bits per heavy atom. The molecule has 2 aromatic rings. The molecule has 3 N–H and O–H groups in total. The van der Waals surface area contributed by atoms with Crippen LogP contribution in [0.15, 0.2) is 11.7 Å². The first-order chi connectivity index (χ1) is 17.7. The molecule has 11 nitrogen and oxygen atoms in total. The highest BCUT2D eigenvalue weighted by Crippen LogP contribution is 2.36. The highest BCUT2D eigenvalue weighted by Gasteiger charge is 2.39. The minimum atomic E-state index is -1.08. The third-order valence-electron chi connectivity index (χ3n) is 6.97. The number of nitrogens with two attached hydrogens (primary N) is 1. The molecule has 12 heteroatoms. The number of hydrazine groups is 1. The summed E-state index contributed by atoms with van der Waals surface area (Å²) in [6, 6.07) is -1.38. The molecule has 0 spiro atoms. The van der Waals surface area contributed by atoms with E-state index in [1.165, 1.54) is 31.1 Å². The first-order valence-corrected chi connectivity index (χ1v) is 13.7. The molecule has 4 rings (SSSR count). The fourth-order valence-electron chi connectivity index (χ4n) is 4.87. The normalized spacial score (nSPS) is 16.6. The molecular formula is C25H34N7O4S. The summed E-state index contributed by atoms with van der Waals surface area (Å²) in [4.78, 5) is 63.4. The summed E-state index contributed by atoms with van der Waals surface area (Å²) in [5.41, 5.74) is 2.18. The van der Waals surface area contributed by atoms with Crippen LogP contribution in [0.5, 0.6) is 0 Å². The lowest BCUT2D eigenvalue weighted by Gasteiger charge is -2.30. The second kappa shape index (κ2) is 11.5. The maximum atomic E-state index is 13.8. The van der Waals surface area contributed by atoms with Crippen LogP contribution in [0, 0.1) is 18.8 Å². The maximum Gasteiger partial charge on any atom is 0.341 e. The number of thiazole rings is 1. The highest BCUT2D eigenvalue weighted by atomic mass is 32.1. The van der Waals surface area contributed by atoms with Gasteiger partial charge in [-0.2, -0.15) is 0 Å². The number of hydrogen-bond acceptors (Lipinski definition) is 9. The van der Waals surface area contributed by atoms with Crippen molar-refractivity contribution in [1.29, 1.82) is 0 Å². The summed E-state index contributed by atoms with van der Waals surface area (Å²) in [5, 5.41) is 2.39. The molecule has 1 radical (unpaired) electrons. The second-order valence-electron chi connectivity index (χ2n) is 10.3. The molecule has 2 fully saturated rings. The van der Waals surface area contributed by atoms with E-state index in [1.807, 2.05) is 11.7 Å². The van der Waals surface area contributed by atoms with Gasteiger partial charge in [-0.1, -0.05) is 39.5 Å². The SMILES string of the molecule is Cc1c(C(=O)N(C(=O)c2csc(N(CC(C)C)C3CCCC3)n2)[C@H]([C]=O)CC2CC2)ncn1C(=O)NN. The van der Waals surface area contributed by atoms with Gasteiger partial charge in [0.25, 0.3) is 11.8 Å². The molecule has 0 bridgehead atoms. The van der Waals surface area contributed by atoms with Crippen LogP contribution in [0.3, 0.4) is 0 Å². The van der Waals surface area contributed by atoms with Gasteiger partial charge in [0.15, 0.2) is 5.13 Å². The number of hydrogen-bond donors (Lipinski definition) is 2. The van der Waals surface area contributed by atoms with Gasteiger partial charge >= 0.3 is 6.03 Å². The highest BCUT2D eigenvalue weighted by molar-refractivity contribution is 7.14. The van der Waals surface area contributed by atoms with E-state index in [9.17, 15) is 19.2 Å².